The average molecular weight is 324 g/mol. The van der Waals surface area contributed by atoms with Gasteiger partial charge in [-0.1, -0.05) is 50.1 Å². The number of rotatable bonds is 7. The summed E-state index contributed by atoms with van der Waals surface area (Å²) in [6.07, 6.45) is 4.65. The van der Waals surface area contributed by atoms with Gasteiger partial charge in [0.2, 0.25) is 0 Å². The standard InChI is InChI=1S/C18H26ClNO2/c1-3-18(4-2,17(21)22)12-20-16-11-7-9-14(16)13-8-5-6-10-15(13)19/h5-6,8,10,14,16,20H,3-4,7,9,11-12H2,1-2H3,(H,21,22). The maximum Gasteiger partial charge on any atom is 0.310 e. The molecule has 2 N–H and O–H groups in total. The van der Waals surface area contributed by atoms with Gasteiger partial charge >= 0.3 is 5.97 Å². The zero-order valence-corrected chi connectivity index (χ0v) is 14.2. The molecule has 0 saturated heterocycles. The van der Waals surface area contributed by atoms with E-state index in [0.717, 1.165) is 24.3 Å². The smallest absolute Gasteiger partial charge is 0.310 e. The molecule has 4 heteroatoms. The van der Waals surface area contributed by atoms with Crippen molar-refractivity contribution in [3.05, 3.63) is 34.9 Å². The van der Waals surface area contributed by atoms with E-state index in [1.54, 1.807) is 0 Å². The molecule has 22 heavy (non-hydrogen) atoms. The summed E-state index contributed by atoms with van der Waals surface area (Å²) in [5, 5.41) is 13.9. The number of benzene rings is 1. The van der Waals surface area contributed by atoms with Gasteiger partial charge in [-0.15, -0.1) is 0 Å². The molecule has 0 aliphatic heterocycles. The molecule has 0 radical (unpaired) electrons. The first kappa shape index (κ1) is 17.3. The lowest BCUT2D eigenvalue weighted by atomic mass is 9.81. The van der Waals surface area contributed by atoms with Gasteiger partial charge in [-0.3, -0.25) is 4.79 Å². The minimum absolute atomic E-state index is 0.316. The van der Waals surface area contributed by atoms with Crippen LogP contribution in [0.25, 0.3) is 0 Å². The van der Waals surface area contributed by atoms with Gasteiger partial charge in [-0.2, -0.15) is 0 Å². The number of hydrogen-bond acceptors (Lipinski definition) is 2. The van der Waals surface area contributed by atoms with Gasteiger partial charge < -0.3 is 10.4 Å². The van der Waals surface area contributed by atoms with Crippen molar-refractivity contribution in [2.75, 3.05) is 6.54 Å². The highest BCUT2D eigenvalue weighted by Crippen LogP contribution is 2.38. The first-order valence-electron chi connectivity index (χ1n) is 8.25. The van der Waals surface area contributed by atoms with Crippen LogP contribution in [-0.4, -0.2) is 23.7 Å². The number of halogens is 1. The Morgan fingerprint density at radius 3 is 2.59 bits per heavy atom. The van der Waals surface area contributed by atoms with E-state index in [0.29, 0.717) is 31.3 Å². The molecule has 0 bridgehead atoms. The third-order valence-electron chi connectivity index (χ3n) is 5.33. The van der Waals surface area contributed by atoms with Crippen LogP contribution in [0.4, 0.5) is 0 Å². The Labute approximate surface area is 138 Å². The molecule has 1 aromatic rings. The molecule has 2 rings (SSSR count). The molecule has 0 amide bonds. The molecule has 1 saturated carbocycles. The molecule has 1 aliphatic rings. The fourth-order valence-electron chi connectivity index (χ4n) is 3.56. The second kappa shape index (κ2) is 7.47. The number of hydrogen-bond donors (Lipinski definition) is 2. The number of carboxylic acid groups (broad SMARTS) is 1. The largest absolute Gasteiger partial charge is 0.481 e. The summed E-state index contributed by atoms with van der Waals surface area (Å²) in [7, 11) is 0. The van der Waals surface area contributed by atoms with Crippen LogP contribution in [0.3, 0.4) is 0 Å². The van der Waals surface area contributed by atoms with Crippen molar-refractivity contribution < 1.29 is 9.90 Å². The highest BCUT2D eigenvalue weighted by atomic mass is 35.5. The second-order valence-electron chi connectivity index (χ2n) is 6.34. The predicted octanol–water partition coefficient (Wildman–Crippen LogP) is 4.46. The third-order valence-corrected chi connectivity index (χ3v) is 5.67. The van der Waals surface area contributed by atoms with Crippen molar-refractivity contribution in [2.45, 2.75) is 57.9 Å². The van der Waals surface area contributed by atoms with Crippen LogP contribution in [0.2, 0.25) is 5.02 Å². The Kier molecular flexibility index (Phi) is 5.87. The van der Waals surface area contributed by atoms with Gasteiger partial charge in [0, 0.05) is 23.5 Å². The van der Waals surface area contributed by atoms with Gasteiger partial charge in [0.05, 0.1) is 5.41 Å². The van der Waals surface area contributed by atoms with Crippen LogP contribution in [0.5, 0.6) is 0 Å². The Morgan fingerprint density at radius 1 is 1.32 bits per heavy atom. The molecule has 2 atom stereocenters. The van der Waals surface area contributed by atoms with Gasteiger partial charge in [-0.05, 0) is 37.3 Å². The maximum absolute atomic E-state index is 11.6. The van der Waals surface area contributed by atoms with Crippen molar-refractivity contribution in [3.8, 4) is 0 Å². The fraction of sp³-hybridized carbons (Fsp3) is 0.611. The summed E-state index contributed by atoms with van der Waals surface area (Å²) < 4.78 is 0. The van der Waals surface area contributed by atoms with Crippen molar-refractivity contribution >= 4 is 17.6 Å². The quantitative estimate of drug-likeness (QED) is 0.779. The topological polar surface area (TPSA) is 49.3 Å². The molecule has 1 aromatic carbocycles. The van der Waals surface area contributed by atoms with Crippen molar-refractivity contribution in [2.24, 2.45) is 5.41 Å². The number of nitrogens with one attached hydrogen (secondary N) is 1. The third kappa shape index (κ3) is 3.47. The first-order valence-corrected chi connectivity index (χ1v) is 8.63. The Morgan fingerprint density at radius 2 is 2.00 bits per heavy atom. The molecular formula is C18H26ClNO2. The van der Waals surface area contributed by atoms with Gasteiger partial charge in [0.15, 0.2) is 0 Å². The maximum atomic E-state index is 11.6. The number of carbonyl (C=O) groups is 1. The summed E-state index contributed by atoms with van der Waals surface area (Å²) in [6.45, 7) is 4.44. The van der Waals surface area contributed by atoms with E-state index in [-0.39, 0.29) is 0 Å². The SMILES string of the molecule is CCC(CC)(CNC1CCCC1c1ccccc1Cl)C(=O)O. The second-order valence-corrected chi connectivity index (χ2v) is 6.75. The highest BCUT2D eigenvalue weighted by molar-refractivity contribution is 6.31. The Bertz CT molecular complexity index is 514. The zero-order chi connectivity index (χ0) is 16.2. The van der Waals surface area contributed by atoms with Crippen LogP contribution < -0.4 is 5.32 Å². The van der Waals surface area contributed by atoms with E-state index in [9.17, 15) is 9.90 Å². The molecular weight excluding hydrogens is 298 g/mol. The van der Waals surface area contributed by atoms with Crippen LogP contribution in [0.15, 0.2) is 24.3 Å². The minimum atomic E-state index is -0.697. The lowest BCUT2D eigenvalue weighted by molar-refractivity contribution is -0.149. The van der Waals surface area contributed by atoms with E-state index in [4.69, 9.17) is 11.6 Å². The summed E-state index contributed by atoms with van der Waals surface area (Å²) in [4.78, 5) is 11.6. The first-order chi connectivity index (χ1) is 10.5. The summed E-state index contributed by atoms with van der Waals surface area (Å²) in [5.41, 5.74) is 0.529. The number of aliphatic carboxylic acids is 1. The molecule has 2 unspecified atom stereocenters. The van der Waals surface area contributed by atoms with E-state index >= 15 is 0 Å². The van der Waals surface area contributed by atoms with Crippen molar-refractivity contribution in [1.82, 2.24) is 5.32 Å². The number of carboxylic acids is 1. The normalized spacial score (nSPS) is 22.0. The summed E-state index contributed by atoms with van der Waals surface area (Å²) >= 11 is 6.34. The van der Waals surface area contributed by atoms with Gasteiger partial charge in [0.25, 0.3) is 0 Å². The van der Waals surface area contributed by atoms with Crippen LogP contribution in [0, 0.1) is 5.41 Å². The summed E-state index contributed by atoms with van der Waals surface area (Å²) in [5.74, 6) is -0.314. The minimum Gasteiger partial charge on any atom is -0.481 e. The fourth-order valence-corrected chi connectivity index (χ4v) is 3.83. The Balaban J connectivity index is 2.09. The van der Waals surface area contributed by atoms with E-state index < -0.39 is 11.4 Å². The lowest BCUT2D eigenvalue weighted by Crippen LogP contribution is -2.44. The van der Waals surface area contributed by atoms with Crippen LogP contribution >= 0.6 is 11.6 Å². The van der Waals surface area contributed by atoms with Crippen molar-refractivity contribution in [1.29, 1.82) is 0 Å². The summed E-state index contributed by atoms with van der Waals surface area (Å²) in [6, 6.07) is 8.32. The average Bonchev–Trinajstić information content (AvgIpc) is 2.97. The molecule has 1 aliphatic carbocycles. The van der Waals surface area contributed by atoms with Gasteiger partial charge in [-0.25, -0.2) is 0 Å². The Hall–Kier alpha value is -1.06. The van der Waals surface area contributed by atoms with Crippen molar-refractivity contribution in [3.63, 3.8) is 0 Å². The molecule has 0 aromatic heterocycles. The molecule has 0 heterocycles. The van der Waals surface area contributed by atoms with E-state index in [2.05, 4.69) is 11.4 Å². The molecule has 0 spiro atoms. The van der Waals surface area contributed by atoms with E-state index in [1.165, 1.54) is 5.56 Å². The molecule has 3 nitrogen and oxygen atoms in total. The monoisotopic (exact) mass is 323 g/mol. The highest BCUT2D eigenvalue weighted by Gasteiger charge is 2.37. The molecule has 1 fully saturated rings. The zero-order valence-electron chi connectivity index (χ0n) is 13.4. The molecule has 122 valence electrons. The van der Waals surface area contributed by atoms with Crippen LogP contribution in [0.1, 0.15) is 57.4 Å². The van der Waals surface area contributed by atoms with E-state index in [1.807, 2.05) is 32.0 Å². The lowest BCUT2D eigenvalue weighted by Gasteiger charge is -2.31. The predicted molar refractivity (Wildman–Crippen MR) is 90.5 cm³/mol. The van der Waals surface area contributed by atoms with Crippen LogP contribution in [-0.2, 0) is 4.79 Å². The van der Waals surface area contributed by atoms with Gasteiger partial charge in [0.1, 0.15) is 0 Å².